The predicted octanol–water partition coefficient (Wildman–Crippen LogP) is 2.25. The SMILES string of the molecule is CCCNC1CCN(CCCCCCO)CC1C. The number of nitrogens with zero attached hydrogens (tertiary/aromatic N) is 1. The fraction of sp³-hybridized carbons (Fsp3) is 1.00. The molecule has 1 heterocycles. The molecular formula is C15H32N2O. The van der Waals surface area contributed by atoms with Crippen molar-refractivity contribution in [1.29, 1.82) is 0 Å². The second-order valence-electron chi connectivity index (χ2n) is 5.77. The van der Waals surface area contributed by atoms with Crippen LogP contribution in [0.5, 0.6) is 0 Å². The molecule has 3 heteroatoms. The van der Waals surface area contributed by atoms with Gasteiger partial charge >= 0.3 is 0 Å². The molecule has 1 rings (SSSR count). The molecule has 2 N–H and O–H groups in total. The Balaban J connectivity index is 2.08. The van der Waals surface area contributed by atoms with Crippen molar-refractivity contribution >= 4 is 0 Å². The number of hydrogen-bond acceptors (Lipinski definition) is 3. The summed E-state index contributed by atoms with van der Waals surface area (Å²) in [6.07, 6.45) is 7.25. The molecule has 0 radical (unpaired) electrons. The maximum Gasteiger partial charge on any atom is 0.0431 e. The van der Waals surface area contributed by atoms with Crippen LogP contribution in [-0.4, -0.2) is 48.8 Å². The Hall–Kier alpha value is -0.120. The molecule has 2 atom stereocenters. The Bertz CT molecular complexity index is 197. The Morgan fingerprint density at radius 1 is 1.22 bits per heavy atom. The summed E-state index contributed by atoms with van der Waals surface area (Å²) in [6.45, 7) is 9.88. The Morgan fingerprint density at radius 3 is 2.67 bits per heavy atom. The number of piperidine rings is 1. The molecule has 0 aliphatic carbocycles. The minimum Gasteiger partial charge on any atom is -0.396 e. The van der Waals surface area contributed by atoms with Crippen molar-refractivity contribution in [3.63, 3.8) is 0 Å². The van der Waals surface area contributed by atoms with Crippen molar-refractivity contribution in [3.8, 4) is 0 Å². The van der Waals surface area contributed by atoms with E-state index in [4.69, 9.17) is 5.11 Å². The predicted molar refractivity (Wildman–Crippen MR) is 77.9 cm³/mol. The lowest BCUT2D eigenvalue weighted by Gasteiger charge is -2.37. The highest BCUT2D eigenvalue weighted by Crippen LogP contribution is 2.17. The van der Waals surface area contributed by atoms with Gasteiger partial charge in [-0.05, 0) is 51.2 Å². The lowest BCUT2D eigenvalue weighted by Crippen LogP contribution is -2.48. The first-order valence-corrected chi connectivity index (χ1v) is 7.84. The van der Waals surface area contributed by atoms with Gasteiger partial charge in [-0.1, -0.05) is 26.7 Å². The van der Waals surface area contributed by atoms with Crippen molar-refractivity contribution in [2.75, 3.05) is 32.8 Å². The van der Waals surface area contributed by atoms with E-state index in [9.17, 15) is 0 Å². The maximum atomic E-state index is 8.73. The monoisotopic (exact) mass is 256 g/mol. The van der Waals surface area contributed by atoms with Crippen molar-refractivity contribution in [2.24, 2.45) is 5.92 Å². The van der Waals surface area contributed by atoms with E-state index in [0.717, 1.165) is 24.9 Å². The zero-order valence-corrected chi connectivity index (χ0v) is 12.3. The van der Waals surface area contributed by atoms with Crippen LogP contribution in [0.4, 0.5) is 0 Å². The summed E-state index contributed by atoms with van der Waals surface area (Å²) >= 11 is 0. The van der Waals surface area contributed by atoms with Crippen molar-refractivity contribution in [2.45, 2.75) is 58.4 Å². The van der Waals surface area contributed by atoms with Gasteiger partial charge in [0.15, 0.2) is 0 Å². The van der Waals surface area contributed by atoms with E-state index >= 15 is 0 Å². The first-order chi connectivity index (χ1) is 8.77. The molecule has 1 saturated heterocycles. The summed E-state index contributed by atoms with van der Waals surface area (Å²) in [7, 11) is 0. The van der Waals surface area contributed by atoms with Crippen LogP contribution in [0.2, 0.25) is 0 Å². The zero-order chi connectivity index (χ0) is 13.2. The van der Waals surface area contributed by atoms with E-state index in [2.05, 4.69) is 24.1 Å². The quantitative estimate of drug-likeness (QED) is 0.621. The zero-order valence-electron chi connectivity index (χ0n) is 12.3. The summed E-state index contributed by atoms with van der Waals surface area (Å²) in [6, 6.07) is 0.732. The fourth-order valence-electron chi connectivity index (χ4n) is 2.87. The van der Waals surface area contributed by atoms with Gasteiger partial charge in [0.2, 0.25) is 0 Å². The van der Waals surface area contributed by atoms with Crippen molar-refractivity contribution in [3.05, 3.63) is 0 Å². The summed E-state index contributed by atoms with van der Waals surface area (Å²) in [4.78, 5) is 2.62. The van der Waals surface area contributed by atoms with Crippen LogP contribution in [0.15, 0.2) is 0 Å². The highest BCUT2D eigenvalue weighted by atomic mass is 16.2. The normalized spacial score (nSPS) is 25.5. The number of unbranched alkanes of at least 4 members (excludes halogenated alkanes) is 3. The van der Waals surface area contributed by atoms with Gasteiger partial charge in [0.05, 0.1) is 0 Å². The number of aliphatic hydroxyl groups excluding tert-OH is 1. The van der Waals surface area contributed by atoms with E-state index in [1.165, 1.54) is 51.7 Å². The molecule has 1 aliphatic rings. The average molecular weight is 256 g/mol. The third kappa shape index (κ3) is 6.17. The first kappa shape index (κ1) is 15.9. The molecule has 2 unspecified atom stereocenters. The molecule has 1 fully saturated rings. The van der Waals surface area contributed by atoms with Gasteiger partial charge in [0.25, 0.3) is 0 Å². The van der Waals surface area contributed by atoms with Gasteiger partial charge in [0.1, 0.15) is 0 Å². The average Bonchev–Trinajstić information content (AvgIpc) is 2.37. The van der Waals surface area contributed by atoms with E-state index in [-0.39, 0.29) is 0 Å². The lowest BCUT2D eigenvalue weighted by atomic mass is 9.93. The molecular weight excluding hydrogens is 224 g/mol. The highest BCUT2D eigenvalue weighted by molar-refractivity contribution is 4.82. The van der Waals surface area contributed by atoms with Crippen LogP contribution in [0.25, 0.3) is 0 Å². The minimum absolute atomic E-state index is 0.353. The third-order valence-corrected chi connectivity index (χ3v) is 4.03. The molecule has 1 aliphatic heterocycles. The fourth-order valence-corrected chi connectivity index (χ4v) is 2.87. The molecule has 0 spiro atoms. The second-order valence-corrected chi connectivity index (χ2v) is 5.77. The number of aliphatic hydroxyl groups is 1. The van der Waals surface area contributed by atoms with Crippen LogP contribution in [0, 0.1) is 5.92 Å². The molecule has 0 aromatic heterocycles. The molecule has 0 aromatic rings. The van der Waals surface area contributed by atoms with Gasteiger partial charge in [-0.15, -0.1) is 0 Å². The topological polar surface area (TPSA) is 35.5 Å². The highest BCUT2D eigenvalue weighted by Gasteiger charge is 2.24. The maximum absolute atomic E-state index is 8.73. The van der Waals surface area contributed by atoms with E-state index in [1.807, 2.05) is 0 Å². The van der Waals surface area contributed by atoms with E-state index in [0.29, 0.717) is 6.61 Å². The smallest absolute Gasteiger partial charge is 0.0431 e. The van der Waals surface area contributed by atoms with Crippen molar-refractivity contribution < 1.29 is 5.11 Å². The standard InChI is InChI=1S/C15H32N2O/c1-3-9-16-15-8-11-17(13-14(15)2)10-6-4-5-7-12-18/h14-16,18H,3-13H2,1-2H3. The summed E-state index contributed by atoms with van der Waals surface area (Å²) in [5.74, 6) is 0.780. The largest absolute Gasteiger partial charge is 0.396 e. The minimum atomic E-state index is 0.353. The Morgan fingerprint density at radius 2 is 2.00 bits per heavy atom. The lowest BCUT2D eigenvalue weighted by molar-refractivity contribution is 0.145. The first-order valence-electron chi connectivity index (χ1n) is 7.84. The van der Waals surface area contributed by atoms with Gasteiger partial charge in [-0.3, -0.25) is 0 Å². The number of hydrogen-bond donors (Lipinski definition) is 2. The Labute approximate surface area is 113 Å². The molecule has 0 amide bonds. The second kappa shape index (κ2) is 9.76. The van der Waals surface area contributed by atoms with Crippen LogP contribution in [0.1, 0.15) is 52.4 Å². The molecule has 0 saturated carbocycles. The van der Waals surface area contributed by atoms with Gasteiger partial charge in [-0.25, -0.2) is 0 Å². The molecule has 0 bridgehead atoms. The molecule has 18 heavy (non-hydrogen) atoms. The summed E-state index contributed by atoms with van der Waals surface area (Å²) < 4.78 is 0. The van der Waals surface area contributed by atoms with E-state index in [1.54, 1.807) is 0 Å². The Kier molecular flexibility index (Phi) is 8.64. The summed E-state index contributed by atoms with van der Waals surface area (Å²) in [5, 5.41) is 12.4. The van der Waals surface area contributed by atoms with Crippen LogP contribution < -0.4 is 5.32 Å². The molecule has 108 valence electrons. The van der Waals surface area contributed by atoms with Crippen LogP contribution >= 0.6 is 0 Å². The number of likely N-dealkylation sites (tertiary alicyclic amines) is 1. The van der Waals surface area contributed by atoms with Crippen LogP contribution in [-0.2, 0) is 0 Å². The molecule has 3 nitrogen and oxygen atoms in total. The van der Waals surface area contributed by atoms with Crippen LogP contribution in [0.3, 0.4) is 0 Å². The van der Waals surface area contributed by atoms with E-state index < -0.39 is 0 Å². The number of nitrogens with one attached hydrogen (secondary N) is 1. The van der Waals surface area contributed by atoms with Crippen molar-refractivity contribution in [1.82, 2.24) is 10.2 Å². The number of rotatable bonds is 9. The van der Waals surface area contributed by atoms with Gasteiger partial charge in [-0.2, -0.15) is 0 Å². The molecule has 0 aromatic carbocycles. The summed E-state index contributed by atoms with van der Waals surface area (Å²) in [5.41, 5.74) is 0. The van der Waals surface area contributed by atoms with Gasteiger partial charge in [0, 0.05) is 19.2 Å². The third-order valence-electron chi connectivity index (χ3n) is 4.03. The van der Waals surface area contributed by atoms with Gasteiger partial charge < -0.3 is 15.3 Å².